The Morgan fingerprint density at radius 3 is 2.19 bits per heavy atom. The maximum Gasteiger partial charge on any atom is 0.326 e. The van der Waals surface area contributed by atoms with E-state index in [0.29, 0.717) is 12.1 Å². The van der Waals surface area contributed by atoms with E-state index in [2.05, 4.69) is 42.5 Å². The number of carbonyl (C=O) groups excluding carboxylic acids is 1. The number of carboxylic acid groups (broad SMARTS) is 1. The predicted molar refractivity (Wildman–Crippen MR) is 89.6 cm³/mol. The zero-order valence-electron chi connectivity index (χ0n) is 12.0. The van der Waals surface area contributed by atoms with E-state index in [9.17, 15) is 9.59 Å². The maximum atomic E-state index is 12.0. The zero-order valence-corrected chi connectivity index (χ0v) is 15.2. The third kappa shape index (κ3) is 5.67. The fourth-order valence-electron chi connectivity index (χ4n) is 1.82. The Hall–Kier alpha value is -1.08. The van der Waals surface area contributed by atoms with Crippen LogP contribution in [0.4, 0.5) is 10.5 Å². The summed E-state index contributed by atoms with van der Waals surface area (Å²) in [6.07, 6.45) is 0.374. The lowest BCUT2D eigenvalue weighted by Crippen LogP contribution is -2.43. The highest BCUT2D eigenvalue weighted by Crippen LogP contribution is 2.32. The Balaban J connectivity index is 2.79. The molecule has 0 saturated carbocycles. The summed E-state index contributed by atoms with van der Waals surface area (Å²) < 4.78 is 1.44. The first-order chi connectivity index (χ1) is 9.70. The molecule has 0 saturated heterocycles. The van der Waals surface area contributed by atoms with Crippen LogP contribution in [0.2, 0.25) is 0 Å². The van der Waals surface area contributed by atoms with Gasteiger partial charge in [0.05, 0.1) is 5.69 Å². The van der Waals surface area contributed by atoms with Crippen molar-refractivity contribution in [2.45, 2.75) is 33.2 Å². The summed E-state index contributed by atoms with van der Waals surface area (Å²) in [5.74, 6) is -0.870. The SMILES string of the molecule is Cc1cc(Br)c(NC(=O)N[C@H](CC(C)C)C(=O)O)c(Br)c1. The number of nitrogens with one attached hydrogen (secondary N) is 2. The summed E-state index contributed by atoms with van der Waals surface area (Å²) in [5, 5.41) is 14.3. The van der Waals surface area contributed by atoms with E-state index in [4.69, 9.17) is 5.11 Å². The smallest absolute Gasteiger partial charge is 0.326 e. The van der Waals surface area contributed by atoms with Crippen molar-refractivity contribution in [3.8, 4) is 0 Å². The van der Waals surface area contributed by atoms with Gasteiger partial charge in [0.2, 0.25) is 0 Å². The maximum absolute atomic E-state index is 12.0. The van der Waals surface area contributed by atoms with Crippen LogP contribution in [0.25, 0.3) is 0 Å². The molecule has 0 unspecified atom stereocenters. The molecule has 1 atom stereocenters. The average Bonchev–Trinajstić information content (AvgIpc) is 2.32. The molecule has 0 radical (unpaired) electrons. The molecule has 0 fully saturated rings. The van der Waals surface area contributed by atoms with Gasteiger partial charge in [-0.3, -0.25) is 0 Å². The second kappa shape index (κ2) is 7.79. The Labute approximate surface area is 140 Å². The van der Waals surface area contributed by atoms with Crippen LogP contribution in [-0.4, -0.2) is 23.1 Å². The quantitative estimate of drug-likeness (QED) is 0.668. The largest absolute Gasteiger partial charge is 0.480 e. The van der Waals surface area contributed by atoms with Crippen LogP contribution in [-0.2, 0) is 4.79 Å². The van der Waals surface area contributed by atoms with Gasteiger partial charge in [0, 0.05) is 8.95 Å². The predicted octanol–water partition coefficient (Wildman–Crippen LogP) is 4.14. The van der Waals surface area contributed by atoms with E-state index < -0.39 is 18.0 Å². The Morgan fingerprint density at radius 1 is 1.24 bits per heavy atom. The molecule has 0 aliphatic rings. The van der Waals surface area contributed by atoms with Gasteiger partial charge >= 0.3 is 12.0 Å². The lowest BCUT2D eigenvalue weighted by Gasteiger charge is -2.18. The van der Waals surface area contributed by atoms with Gasteiger partial charge in [-0.15, -0.1) is 0 Å². The number of rotatable bonds is 5. The van der Waals surface area contributed by atoms with Crippen molar-refractivity contribution in [3.05, 3.63) is 26.6 Å². The molecule has 116 valence electrons. The van der Waals surface area contributed by atoms with Crippen LogP contribution in [0.5, 0.6) is 0 Å². The second-order valence-corrected chi connectivity index (χ2v) is 6.93. The number of carbonyl (C=O) groups is 2. The van der Waals surface area contributed by atoms with Crippen LogP contribution in [0.3, 0.4) is 0 Å². The Kier molecular flexibility index (Phi) is 6.67. The molecule has 0 spiro atoms. The number of aliphatic carboxylic acids is 1. The second-order valence-electron chi connectivity index (χ2n) is 5.22. The molecular formula is C14H18Br2N2O3. The standard InChI is InChI=1S/C14H18Br2N2O3/c1-7(2)4-11(13(19)20)17-14(21)18-12-9(15)5-8(3)6-10(12)16/h5-7,11H,4H2,1-3H3,(H,19,20)(H2,17,18,21)/t11-/m1/s1. The highest BCUT2D eigenvalue weighted by Gasteiger charge is 2.21. The first-order valence-electron chi connectivity index (χ1n) is 6.46. The fraction of sp³-hybridized carbons (Fsp3) is 0.429. The number of anilines is 1. The first-order valence-corrected chi connectivity index (χ1v) is 8.05. The first kappa shape index (κ1) is 18.0. The van der Waals surface area contributed by atoms with Gasteiger partial charge in [0.1, 0.15) is 6.04 Å². The highest BCUT2D eigenvalue weighted by molar-refractivity contribution is 9.11. The lowest BCUT2D eigenvalue weighted by atomic mass is 10.0. The molecule has 21 heavy (non-hydrogen) atoms. The van der Waals surface area contributed by atoms with Crippen LogP contribution < -0.4 is 10.6 Å². The monoisotopic (exact) mass is 420 g/mol. The average molecular weight is 422 g/mol. The van der Waals surface area contributed by atoms with E-state index >= 15 is 0 Å². The van der Waals surface area contributed by atoms with Gasteiger partial charge in [-0.05, 0) is 68.8 Å². The van der Waals surface area contributed by atoms with Crippen molar-refractivity contribution in [2.75, 3.05) is 5.32 Å². The summed E-state index contributed by atoms with van der Waals surface area (Å²) in [7, 11) is 0. The molecule has 1 rings (SSSR count). The molecule has 0 bridgehead atoms. The van der Waals surface area contributed by atoms with Crippen molar-refractivity contribution in [3.63, 3.8) is 0 Å². The molecular weight excluding hydrogens is 404 g/mol. The van der Waals surface area contributed by atoms with E-state index in [1.807, 2.05) is 32.9 Å². The summed E-state index contributed by atoms with van der Waals surface area (Å²) in [6, 6.07) is 2.27. The number of hydrogen-bond acceptors (Lipinski definition) is 2. The minimum Gasteiger partial charge on any atom is -0.480 e. The lowest BCUT2D eigenvalue weighted by molar-refractivity contribution is -0.139. The molecule has 2 amide bonds. The van der Waals surface area contributed by atoms with Crippen molar-refractivity contribution in [2.24, 2.45) is 5.92 Å². The number of urea groups is 1. The molecule has 1 aromatic carbocycles. The third-order valence-corrected chi connectivity index (χ3v) is 3.99. The summed E-state index contributed by atoms with van der Waals surface area (Å²) in [5.41, 5.74) is 1.59. The number of benzene rings is 1. The van der Waals surface area contributed by atoms with Crippen LogP contribution in [0.15, 0.2) is 21.1 Å². The van der Waals surface area contributed by atoms with Gasteiger partial charge in [-0.1, -0.05) is 13.8 Å². The Morgan fingerprint density at radius 2 is 1.76 bits per heavy atom. The van der Waals surface area contributed by atoms with Crippen LogP contribution in [0, 0.1) is 12.8 Å². The molecule has 0 aliphatic heterocycles. The van der Waals surface area contributed by atoms with Crippen LogP contribution >= 0.6 is 31.9 Å². The molecule has 0 heterocycles. The third-order valence-electron chi connectivity index (χ3n) is 2.74. The minimum atomic E-state index is -1.04. The minimum absolute atomic E-state index is 0.171. The topological polar surface area (TPSA) is 78.4 Å². The molecule has 0 aromatic heterocycles. The van der Waals surface area contributed by atoms with E-state index in [0.717, 1.165) is 14.5 Å². The zero-order chi connectivity index (χ0) is 16.2. The Bertz CT molecular complexity index is 524. The van der Waals surface area contributed by atoms with Gasteiger partial charge in [-0.2, -0.15) is 0 Å². The number of amides is 2. The van der Waals surface area contributed by atoms with Gasteiger partial charge < -0.3 is 15.7 Å². The van der Waals surface area contributed by atoms with E-state index in [1.165, 1.54) is 0 Å². The molecule has 3 N–H and O–H groups in total. The number of aryl methyl sites for hydroxylation is 1. The van der Waals surface area contributed by atoms with Crippen molar-refractivity contribution < 1.29 is 14.7 Å². The highest BCUT2D eigenvalue weighted by atomic mass is 79.9. The summed E-state index contributed by atoms with van der Waals surface area (Å²) in [4.78, 5) is 23.1. The molecule has 5 nitrogen and oxygen atoms in total. The molecule has 0 aliphatic carbocycles. The van der Waals surface area contributed by atoms with Crippen molar-refractivity contribution in [1.82, 2.24) is 5.32 Å². The summed E-state index contributed by atoms with van der Waals surface area (Å²) >= 11 is 6.75. The van der Waals surface area contributed by atoms with Gasteiger partial charge in [-0.25, -0.2) is 9.59 Å². The normalized spacial score (nSPS) is 12.1. The molecule has 1 aromatic rings. The summed E-state index contributed by atoms with van der Waals surface area (Å²) in [6.45, 7) is 5.74. The molecule has 7 heteroatoms. The van der Waals surface area contributed by atoms with Gasteiger partial charge in [0.25, 0.3) is 0 Å². The fourth-order valence-corrected chi connectivity index (χ4v) is 3.43. The van der Waals surface area contributed by atoms with E-state index in [1.54, 1.807) is 0 Å². The van der Waals surface area contributed by atoms with Gasteiger partial charge in [0.15, 0.2) is 0 Å². The van der Waals surface area contributed by atoms with Crippen LogP contribution in [0.1, 0.15) is 25.8 Å². The number of halogens is 2. The number of hydrogen-bond donors (Lipinski definition) is 3. The number of carboxylic acids is 1. The van der Waals surface area contributed by atoms with Crippen molar-refractivity contribution in [1.29, 1.82) is 0 Å². The van der Waals surface area contributed by atoms with Crippen molar-refractivity contribution >= 4 is 49.5 Å². The van der Waals surface area contributed by atoms with E-state index in [-0.39, 0.29) is 5.92 Å².